The summed E-state index contributed by atoms with van der Waals surface area (Å²) >= 11 is 0. The van der Waals surface area contributed by atoms with E-state index in [1.807, 2.05) is 18.2 Å². The zero-order valence-corrected chi connectivity index (χ0v) is 14.1. The number of aromatic nitrogens is 1. The zero-order valence-electron chi connectivity index (χ0n) is 14.1. The van der Waals surface area contributed by atoms with Gasteiger partial charge in [-0.05, 0) is 43.0 Å². The van der Waals surface area contributed by atoms with Crippen LogP contribution in [0.1, 0.15) is 28.9 Å². The van der Waals surface area contributed by atoms with Crippen LogP contribution in [-0.2, 0) is 11.2 Å². The third-order valence-corrected chi connectivity index (χ3v) is 4.22. The van der Waals surface area contributed by atoms with Crippen molar-refractivity contribution in [3.8, 4) is 0 Å². The van der Waals surface area contributed by atoms with Gasteiger partial charge in [0.15, 0.2) is 0 Å². The minimum Gasteiger partial charge on any atom is -0.359 e. The van der Waals surface area contributed by atoms with E-state index in [9.17, 15) is 9.59 Å². The molecule has 0 atom stereocenters. The fourth-order valence-corrected chi connectivity index (χ4v) is 3.01. The predicted octanol–water partition coefficient (Wildman–Crippen LogP) is 2.03. The first-order chi connectivity index (χ1) is 12.3. The number of anilines is 2. The number of amides is 2. The van der Waals surface area contributed by atoms with Gasteiger partial charge in [0, 0.05) is 25.3 Å². The average Bonchev–Trinajstić information content (AvgIpc) is 2.67. The summed E-state index contributed by atoms with van der Waals surface area (Å²) < 4.78 is 0. The van der Waals surface area contributed by atoms with E-state index in [-0.39, 0.29) is 5.91 Å². The number of carbonyl (C=O) groups is 2. The van der Waals surface area contributed by atoms with Crippen LogP contribution in [0.4, 0.5) is 11.5 Å². The molecule has 2 aromatic rings. The fraction of sp³-hybridized carbons (Fsp3) is 0.316. The Kier molecular flexibility index (Phi) is 5.61. The summed E-state index contributed by atoms with van der Waals surface area (Å²) in [6.45, 7) is 1.94. The minimum atomic E-state index is -0.196. The highest BCUT2D eigenvalue weighted by molar-refractivity contribution is 5.92. The first kappa shape index (κ1) is 17.0. The van der Waals surface area contributed by atoms with Gasteiger partial charge in [-0.3, -0.25) is 9.59 Å². The SMILES string of the molecule is O=CNCCCNC(=O)c1cccc(N2CCCc3ccccc32)n1. The summed E-state index contributed by atoms with van der Waals surface area (Å²) in [4.78, 5) is 29.2. The van der Waals surface area contributed by atoms with Crippen LogP contribution in [0.15, 0.2) is 42.5 Å². The Morgan fingerprint density at radius 3 is 2.92 bits per heavy atom. The van der Waals surface area contributed by atoms with Crippen molar-refractivity contribution < 1.29 is 9.59 Å². The number of para-hydroxylation sites is 1. The second-order valence-electron chi connectivity index (χ2n) is 5.95. The fourth-order valence-electron chi connectivity index (χ4n) is 3.01. The molecule has 1 aromatic heterocycles. The smallest absolute Gasteiger partial charge is 0.269 e. The van der Waals surface area contributed by atoms with Gasteiger partial charge in [0.2, 0.25) is 6.41 Å². The predicted molar refractivity (Wildman–Crippen MR) is 97.0 cm³/mol. The lowest BCUT2D eigenvalue weighted by molar-refractivity contribution is -0.109. The Balaban J connectivity index is 1.70. The largest absolute Gasteiger partial charge is 0.359 e. The van der Waals surface area contributed by atoms with Gasteiger partial charge in [0.05, 0.1) is 0 Å². The Bertz CT molecular complexity index is 748. The number of aryl methyl sites for hydroxylation is 1. The summed E-state index contributed by atoms with van der Waals surface area (Å²) in [6, 6.07) is 13.8. The summed E-state index contributed by atoms with van der Waals surface area (Å²) in [6.07, 6.45) is 3.48. The third-order valence-electron chi connectivity index (χ3n) is 4.22. The van der Waals surface area contributed by atoms with Crippen molar-refractivity contribution in [2.24, 2.45) is 0 Å². The van der Waals surface area contributed by atoms with Crippen LogP contribution < -0.4 is 15.5 Å². The van der Waals surface area contributed by atoms with Crippen molar-refractivity contribution in [1.29, 1.82) is 0 Å². The molecule has 2 amide bonds. The standard InChI is InChI=1S/C19H22N4O2/c24-14-20-11-5-12-21-19(25)16-8-3-10-18(22-16)23-13-4-7-15-6-1-2-9-17(15)23/h1-3,6,8-10,14H,4-5,7,11-13H2,(H,20,24)(H,21,25). The highest BCUT2D eigenvalue weighted by Crippen LogP contribution is 2.32. The second kappa shape index (κ2) is 8.28. The number of hydrogen-bond acceptors (Lipinski definition) is 4. The number of pyridine rings is 1. The summed E-state index contributed by atoms with van der Waals surface area (Å²) in [5.74, 6) is 0.598. The molecule has 1 aliphatic heterocycles. The normalized spacial score (nSPS) is 13.0. The first-order valence-corrected chi connectivity index (χ1v) is 8.57. The van der Waals surface area contributed by atoms with Crippen LogP contribution in [-0.4, -0.2) is 36.9 Å². The molecule has 0 radical (unpaired) electrons. The lowest BCUT2D eigenvalue weighted by atomic mass is 10.0. The summed E-state index contributed by atoms with van der Waals surface area (Å²) in [5.41, 5.74) is 2.88. The Labute approximate surface area is 147 Å². The van der Waals surface area contributed by atoms with Crippen LogP contribution in [0.2, 0.25) is 0 Å². The van der Waals surface area contributed by atoms with Crippen molar-refractivity contribution in [3.05, 3.63) is 53.7 Å². The van der Waals surface area contributed by atoms with E-state index in [0.29, 0.717) is 31.6 Å². The van der Waals surface area contributed by atoms with Crippen LogP contribution in [0.3, 0.4) is 0 Å². The number of hydrogen-bond donors (Lipinski definition) is 2. The molecular formula is C19H22N4O2. The second-order valence-corrected chi connectivity index (χ2v) is 5.95. The van der Waals surface area contributed by atoms with E-state index in [1.54, 1.807) is 6.07 Å². The van der Waals surface area contributed by atoms with Gasteiger partial charge in [0.25, 0.3) is 5.91 Å². The highest BCUT2D eigenvalue weighted by atomic mass is 16.2. The number of nitrogens with zero attached hydrogens (tertiary/aromatic N) is 2. The van der Waals surface area contributed by atoms with Gasteiger partial charge in [-0.1, -0.05) is 24.3 Å². The Morgan fingerprint density at radius 2 is 2.04 bits per heavy atom. The average molecular weight is 338 g/mol. The van der Waals surface area contributed by atoms with E-state index in [1.165, 1.54) is 11.3 Å². The van der Waals surface area contributed by atoms with E-state index in [4.69, 9.17) is 0 Å². The number of rotatable bonds is 7. The summed E-state index contributed by atoms with van der Waals surface area (Å²) in [7, 11) is 0. The van der Waals surface area contributed by atoms with Gasteiger partial charge in [0.1, 0.15) is 11.5 Å². The number of benzene rings is 1. The molecule has 0 fully saturated rings. The highest BCUT2D eigenvalue weighted by Gasteiger charge is 2.19. The number of nitrogens with one attached hydrogen (secondary N) is 2. The van der Waals surface area contributed by atoms with Crippen molar-refractivity contribution >= 4 is 23.8 Å². The van der Waals surface area contributed by atoms with Crippen LogP contribution in [0.5, 0.6) is 0 Å². The van der Waals surface area contributed by atoms with Crippen molar-refractivity contribution in [1.82, 2.24) is 15.6 Å². The van der Waals surface area contributed by atoms with Crippen LogP contribution in [0.25, 0.3) is 0 Å². The molecule has 130 valence electrons. The Morgan fingerprint density at radius 1 is 1.16 bits per heavy atom. The monoisotopic (exact) mass is 338 g/mol. The van der Waals surface area contributed by atoms with Crippen LogP contribution >= 0.6 is 0 Å². The molecule has 3 rings (SSSR count). The molecule has 0 unspecified atom stereocenters. The molecule has 25 heavy (non-hydrogen) atoms. The molecular weight excluding hydrogens is 316 g/mol. The van der Waals surface area contributed by atoms with Gasteiger partial charge in [-0.2, -0.15) is 0 Å². The van der Waals surface area contributed by atoms with Gasteiger partial charge in [-0.25, -0.2) is 4.98 Å². The maximum atomic E-state index is 12.3. The van der Waals surface area contributed by atoms with E-state index >= 15 is 0 Å². The van der Waals surface area contributed by atoms with Crippen molar-refractivity contribution in [3.63, 3.8) is 0 Å². The number of fused-ring (bicyclic) bond motifs is 1. The molecule has 0 saturated carbocycles. The molecule has 2 heterocycles. The molecule has 0 aliphatic carbocycles. The van der Waals surface area contributed by atoms with Gasteiger partial charge >= 0.3 is 0 Å². The van der Waals surface area contributed by atoms with E-state index in [0.717, 1.165) is 25.2 Å². The zero-order chi connectivity index (χ0) is 17.5. The molecule has 0 spiro atoms. The lowest BCUT2D eigenvalue weighted by Crippen LogP contribution is -2.29. The van der Waals surface area contributed by atoms with Gasteiger partial charge in [-0.15, -0.1) is 0 Å². The quantitative estimate of drug-likeness (QED) is 0.598. The minimum absolute atomic E-state index is 0.196. The Hall–Kier alpha value is -2.89. The topological polar surface area (TPSA) is 74.3 Å². The van der Waals surface area contributed by atoms with Crippen LogP contribution in [0, 0.1) is 0 Å². The number of carbonyl (C=O) groups excluding carboxylic acids is 2. The molecule has 1 aromatic carbocycles. The van der Waals surface area contributed by atoms with Gasteiger partial charge < -0.3 is 15.5 Å². The molecule has 0 bridgehead atoms. The van der Waals surface area contributed by atoms with Crippen molar-refractivity contribution in [2.45, 2.75) is 19.3 Å². The third kappa shape index (κ3) is 4.15. The lowest BCUT2D eigenvalue weighted by Gasteiger charge is -2.30. The first-order valence-electron chi connectivity index (χ1n) is 8.57. The molecule has 6 nitrogen and oxygen atoms in total. The van der Waals surface area contributed by atoms with E-state index < -0.39 is 0 Å². The molecule has 2 N–H and O–H groups in total. The summed E-state index contributed by atoms with van der Waals surface area (Å²) in [5, 5.41) is 5.40. The molecule has 6 heteroatoms. The van der Waals surface area contributed by atoms with Crippen molar-refractivity contribution in [2.75, 3.05) is 24.5 Å². The molecule has 1 aliphatic rings. The maximum absolute atomic E-state index is 12.3. The maximum Gasteiger partial charge on any atom is 0.269 e. The molecule has 0 saturated heterocycles. The van der Waals surface area contributed by atoms with E-state index in [2.05, 4.69) is 38.7 Å².